The fourth-order valence-corrected chi connectivity index (χ4v) is 3.82. The number of aliphatic hydroxyl groups is 2. The highest BCUT2D eigenvalue weighted by atomic mass is 35.5. The Morgan fingerprint density at radius 1 is 1.19 bits per heavy atom. The van der Waals surface area contributed by atoms with Gasteiger partial charge in [-0.15, -0.1) is 0 Å². The predicted octanol–water partition coefficient (Wildman–Crippen LogP) is 4.08. The fourth-order valence-electron chi connectivity index (χ4n) is 3.65. The zero-order valence-electron chi connectivity index (χ0n) is 17.8. The SMILES string of the molecule is CC(C)c1nc2ccc(Cl)cc2c(-c2ccc(F)cc2)c1/C=C/[C@@H](O)C[C@@H](O)CC(=O)[O-]. The van der Waals surface area contributed by atoms with Crippen LogP contribution in [-0.4, -0.2) is 33.4 Å². The van der Waals surface area contributed by atoms with Gasteiger partial charge in [-0.2, -0.15) is 0 Å². The van der Waals surface area contributed by atoms with Crippen molar-refractivity contribution in [1.29, 1.82) is 0 Å². The molecular weight excluding hydrogens is 433 g/mol. The number of benzene rings is 2. The Morgan fingerprint density at radius 3 is 2.50 bits per heavy atom. The summed E-state index contributed by atoms with van der Waals surface area (Å²) in [6.07, 6.45) is 0.178. The summed E-state index contributed by atoms with van der Waals surface area (Å²) in [5.74, 6) is -1.71. The number of aliphatic carboxylic acids is 1. The van der Waals surface area contributed by atoms with E-state index in [1.165, 1.54) is 18.2 Å². The molecule has 0 unspecified atom stereocenters. The number of fused-ring (bicyclic) bond motifs is 1. The highest BCUT2D eigenvalue weighted by Gasteiger charge is 2.18. The molecule has 0 aliphatic carbocycles. The largest absolute Gasteiger partial charge is 0.550 e. The van der Waals surface area contributed by atoms with Crippen LogP contribution in [0.5, 0.6) is 0 Å². The standard InChI is InChI=1S/C25H25ClFNO4/c1-14(2)25-20(9-8-18(29)12-19(30)13-23(31)32)24(15-3-6-17(27)7-4-15)21-11-16(26)5-10-22(21)28-25/h3-11,14,18-19,29-30H,12-13H2,1-2H3,(H,31,32)/p-1/b9-8+/t18-,19-/m1/s1. The first-order valence-electron chi connectivity index (χ1n) is 10.3. The number of carboxylic acid groups (broad SMARTS) is 1. The minimum atomic E-state index is -1.38. The van der Waals surface area contributed by atoms with Crippen LogP contribution in [0, 0.1) is 5.82 Å². The second-order valence-corrected chi connectivity index (χ2v) is 8.44. The van der Waals surface area contributed by atoms with Crippen LogP contribution in [0.3, 0.4) is 0 Å². The van der Waals surface area contributed by atoms with E-state index in [4.69, 9.17) is 16.6 Å². The van der Waals surface area contributed by atoms with Gasteiger partial charge in [-0.25, -0.2) is 4.39 Å². The Balaban J connectivity index is 2.16. The maximum Gasteiger partial charge on any atom is 0.123 e. The molecule has 1 aromatic heterocycles. The molecule has 0 aliphatic rings. The number of pyridine rings is 1. The molecule has 0 aliphatic heterocycles. The van der Waals surface area contributed by atoms with Crippen LogP contribution in [-0.2, 0) is 4.79 Å². The van der Waals surface area contributed by atoms with Gasteiger partial charge in [0.1, 0.15) is 5.82 Å². The summed E-state index contributed by atoms with van der Waals surface area (Å²) in [6, 6.07) is 11.5. The van der Waals surface area contributed by atoms with Gasteiger partial charge in [-0.1, -0.05) is 49.7 Å². The number of carboxylic acids is 1. The molecule has 0 fully saturated rings. The molecule has 0 radical (unpaired) electrons. The molecule has 3 aromatic rings. The maximum absolute atomic E-state index is 13.6. The van der Waals surface area contributed by atoms with Crippen LogP contribution < -0.4 is 5.11 Å². The number of carbonyl (C=O) groups is 1. The van der Waals surface area contributed by atoms with Crippen molar-refractivity contribution >= 4 is 34.5 Å². The van der Waals surface area contributed by atoms with Gasteiger partial charge in [0.15, 0.2) is 0 Å². The lowest BCUT2D eigenvalue weighted by Gasteiger charge is -2.18. The van der Waals surface area contributed by atoms with Crippen molar-refractivity contribution in [2.24, 2.45) is 0 Å². The maximum atomic E-state index is 13.6. The molecule has 3 rings (SSSR count). The molecule has 5 nitrogen and oxygen atoms in total. The van der Waals surface area contributed by atoms with E-state index >= 15 is 0 Å². The van der Waals surface area contributed by atoms with E-state index in [-0.39, 0.29) is 18.2 Å². The fraction of sp³-hybridized carbons (Fsp3) is 0.280. The predicted molar refractivity (Wildman–Crippen MR) is 122 cm³/mol. The number of hydrogen-bond donors (Lipinski definition) is 2. The molecule has 0 saturated heterocycles. The Morgan fingerprint density at radius 2 is 1.88 bits per heavy atom. The van der Waals surface area contributed by atoms with Crippen molar-refractivity contribution in [3.63, 3.8) is 0 Å². The molecule has 32 heavy (non-hydrogen) atoms. The minimum Gasteiger partial charge on any atom is -0.550 e. The van der Waals surface area contributed by atoms with Gasteiger partial charge < -0.3 is 20.1 Å². The van der Waals surface area contributed by atoms with Gasteiger partial charge in [0, 0.05) is 40.3 Å². The van der Waals surface area contributed by atoms with E-state index in [1.54, 1.807) is 30.3 Å². The number of rotatable bonds is 8. The Labute approximate surface area is 190 Å². The third kappa shape index (κ3) is 5.71. The van der Waals surface area contributed by atoms with Gasteiger partial charge in [0.05, 0.1) is 23.4 Å². The molecule has 0 spiro atoms. The second kappa shape index (κ2) is 10.2. The van der Waals surface area contributed by atoms with Crippen molar-refractivity contribution < 1.29 is 24.5 Å². The Bertz CT molecular complexity index is 1140. The lowest BCUT2D eigenvalue weighted by atomic mass is 9.90. The van der Waals surface area contributed by atoms with Crippen LogP contribution in [0.1, 0.15) is 43.9 Å². The Kier molecular flexibility index (Phi) is 7.61. The van der Waals surface area contributed by atoms with Gasteiger partial charge in [0.25, 0.3) is 0 Å². The quantitative estimate of drug-likeness (QED) is 0.532. The number of halogens is 2. The lowest BCUT2D eigenvalue weighted by molar-refractivity contribution is -0.307. The van der Waals surface area contributed by atoms with Gasteiger partial charge in [0.2, 0.25) is 0 Å². The normalized spacial score (nSPS) is 13.7. The molecule has 1 heterocycles. The number of carbonyl (C=O) groups excluding carboxylic acids is 1. The summed E-state index contributed by atoms with van der Waals surface area (Å²) in [7, 11) is 0. The van der Waals surface area contributed by atoms with Gasteiger partial charge in [-0.3, -0.25) is 4.98 Å². The van der Waals surface area contributed by atoms with Crippen molar-refractivity contribution in [2.45, 2.75) is 44.8 Å². The highest BCUT2D eigenvalue weighted by Crippen LogP contribution is 2.37. The van der Waals surface area contributed by atoms with Crippen LogP contribution in [0.25, 0.3) is 28.1 Å². The van der Waals surface area contributed by atoms with Crippen LogP contribution in [0.2, 0.25) is 5.02 Å². The summed E-state index contributed by atoms with van der Waals surface area (Å²) < 4.78 is 13.6. The zero-order chi connectivity index (χ0) is 23.4. The third-order valence-electron chi connectivity index (χ3n) is 5.09. The summed E-state index contributed by atoms with van der Waals surface area (Å²) >= 11 is 6.26. The van der Waals surface area contributed by atoms with E-state index in [9.17, 15) is 24.5 Å². The zero-order valence-corrected chi connectivity index (χ0v) is 18.5. The van der Waals surface area contributed by atoms with Crippen LogP contribution >= 0.6 is 11.6 Å². The topological polar surface area (TPSA) is 93.5 Å². The first-order valence-corrected chi connectivity index (χ1v) is 10.7. The summed E-state index contributed by atoms with van der Waals surface area (Å²) in [4.78, 5) is 15.4. The molecule has 0 saturated carbocycles. The van der Waals surface area contributed by atoms with E-state index < -0.39 is 24.6 Å². The molecule has 2 aromatic carbocycles. The molecule has 0 bridgehead atoms. The number of aliphatic hydroxyl groups excluding tert-OH is 2. The second-order valence-electron chi connectivity index (χ2n) is 8.00. The lowest BCUT2D eigenvalue weighted by Crippen LogP contribution is -2.29. The Hall–Kier alpha value is -2.80. The van der Waals surface area contributed by atoms with Gasteiger partial charge in [-0.05, 0) is 41.8 Å². The first-order chi connectivity index (χ1) is 15.2. The molecule has 168 valence electrons. The summed E-state index contributed by atoms with van der Waals surface area (Å²) in [6.45, 7) is 3.99. The molecule has 2 N–H and O–H groups in total. The average molecular weight is 457 g/mol. The smallest absolute Gasteiger partial charge is 0.123 e. The number of aromatic nitrogens is 1. The highest BCUT2D eigenvalue weighted by molar-refractivity contribution is 6.31. The number of nitrogens with zero attached hydrogens (tertiary/aromatic N) is 1. The van der Waals surface area contributed by atoms with Crippen molar-refractivity contribution in [1.82, 2.24) is 4.98 Å². The van der Waals surface area contributed by atoms with Crippen LogP contribution in [0.15, 0.2) is 48.5 Å². The van der Waals surface area contributed by atoms with Gasteiger partial charge >= 0.3 is 0 Å². The summed E-state index contributed by atoms with van der Waals surface area (Å²) in [5, 5.41) is 32.1. The van der Waals surface area contributed by atoms with Crippen LogP contribution in [0.4, 0.5) is 4.39 Å². The molecule has 7 heteroatoms. The summed E-state index contributed by atoms with van der Waals surface area (Å²) in [5.41, 5.74) is 3.79. The number of hydrogen-bond acceptors (Lipinski definition) is 5. The van der Waals surface area contributed by atoms with E-state index in [2.05, 4.69) is 0 Å². The molecule has 0 amide bonds. The molecule has 2 atom stereocenters. The van der Waals surface area contributed by atoms with Crippen molar-refractivity contribution in [3.05, 3.63) is 70.6 Å². The average Bonchev–Trinajstić information content (AvgIpc) is 2.71. The third-order valence-corrected chi connectivity index (χ3v) is 5.33. The minimum absolute atomic E-state index is 0.0368. The van der Waals surface area contributed by atoms with E-state index in [1.807, 2.05) is 19.9 Å². The van der Waals surface area contributed by atoms with E-state index in [0.29, 0.717) is 5.02 Å². The first kappa shape index (κ1) is 23.9. The van der Waals surface area contributed by atoms with Crippen molar-refractivity contribution in [3.8, 4) is 11.1 Å². The monoisotopic (exact) mass is 456 g/mol. The molecular formula is C25H24ClFNO4-. The van der Waals surface area contributed by atoms with E-state index in [0.717, 1.165) is 33.3 Å². The van der Waals surface area contributed by atoms with Crippen molar-refractivity contribution in [2.75, 3.05) is 0 Å².